The Balaban J connectivity index is 2.29. The minimum atomic E-state index is -0.407. The molecule has 0 unspecified atom stereocenters. The van der Waals surface area contributed by atoms with Crippen LogP contribution in [0.15, 0.2) is 28.7 Å². The molecule has 0 spiro atoms. The zero-order valence-electron chi connectivity index (χ0n) is 9.86. The lowest BCUT2D eigenvalue weighted by molar-refractivity contribution is 0.177. The number of hydrogen-bond donors (Lipinski definition) is 0. The fourth-order valence-corrected chi connectivity index (χ4v) is 1.87. The highest BCUT2D eigenvalue weighted by Gasteiger charge is 2.08. The van der Waals surface area contributed by atoms with E-state index in [2.05, 4.69) is 25.9 Å². The number of benzene rings is 1. The van der Waals surface area contributed by atoms with Gasteiger partial charge in [0.05, 0.1) is 4.47 Å². The van der Waals surface area contributed by atoms with Crippen LogP contribution < -0.4 is 4.74 Å². The monoisotopic (exact) mass is 346 g/mol. The van der Waals surface area contributed by atoms with Gasteiger partial charge in [0, 0.05) is 19.2 Å². The number of ether oxygens (including phenoxy) is 2. The van der Waals surface area contributed by atoms with Gasteiger partial charge in [0.2, 0.25) is 5.88 Å². The van der Waals surface area contributed by atoms with Crippen LogP contribution in [0.1, 0.15) is 5.82 Å². The highest BCUT2D eigenvalue weighted by atomic mass is 79.9. The molecule has 4 nitrogen and oxygen atoms in total. The number of methoxy groups -OCH3 is 1. The first-order chi connectivity index (χ1) is 9.08. The second kappa shape index (κ2) is 6.27. The van der Waals surface area contributed by atoms with E-state index >= 15 is 0 Å². The van der Waals surface area contributed by atoms with Crippen LogP contribution >= 0.6 is 27.5 Å². The van der Waals surface area contributed by atoms with Gasteiger partial charge in [-0.3, -0.25) is 0 Å². The van der Waals surface area contributed by atoms with Crippen LogP contribution in [-0.2, 0) is 11.3 Å². The number of aromatic nitrogens is 2. The fraction of sp³-hybridized carbons (Fsp3) is 0.167. The quantitative estimate of drug-likeness (QED) is 0.785. The first-order valence-electron chi connectivity index (χ1n) is 5.24. The maximum Gasteiger partial charge on any atom is 0.224 e. The summed E-state index contributed by atoms with van der Waals surface area (Å²) in [7, 11) is 1.52. The lowest BCUT2D eigenvalue weighted by Gasteiger charge is -2.08. The Labute approximate surface area is 122 Å². The minimum absolute atomic E-state index is 0.210. The molecule has 1 heterocycles. The number of hydrogen-bond acceptors (Lipinski definition) is 4. The van der Waals surface area contributed by atoms with Gasteiger partial charge in [0.1, 0.15) is 23.3 Å². The van der Waals surface area contributed by atoms with E-state index in [4.69, 9.17) is 21.1 Å². The van der Waals surface area contributed by atoms with Crippen molar-refractivity contribution >= 4 is 27.5 Å². The summed E-state index contributed by atoms with van der Waals surface area (Å²) < 4.78 is 24.2. The van der Waals surface area contributed by atoms with Crippen molar-refractivity contribution in [2.45, 2.75) is 6.61 Å². The Morgan fingerprint density at radius 1 is 1.32 bits per heavy atom. The second-order valence-corrected chi connectivity index (χ2v) is 4.80. The first kappa shape index (κ1) is 14.2. The Morgan fingerprint density at radius 3 is 2.84 bits per heavy atom. The summed E-state index contributed by atoms with van der Waals surface area (Å²) in [6.07, 6.45) is 0. The summed E-state index contributed by atoms with van der Waals surface area (Å²) in [6, 6.07) is 5.55. The average Bonchev–Trinajstić information content (AvgIpc) is 2.33. The maximum absolute atomic E-state index is 13.1. The Morgan fingerprint density at radius 2 is 2.11 bits per heavy atom. The lowest BCUT2D eigenvalue weighted by atomic mass is 10.3. The molecular weight excluding hydrogens is 338 g/mol. The summed E-state index contributed by atoms with van der Waals surface area (Å²) in [4.78, 5) is 8.07. The molecule has 0 radical (unpaired) electrons. The molecule has 0 amide bonds. The Bertz CT molecular complexity index is 598. The lowest BCUT2D eigenvalue weighted by Crippen LogP contribution is -1.99. The van der Waals surface area contributed by atoms with Gasteiger partial charge < -0.3 is 9.47 Å². The molecule has 0 aliphatic carbocycles. The topological polar surface area (TPSA) is 44.2 Å². The number of nitrogens with zero attached hydrogens (tertiary/aromatic N) is 2. The summed E-state index contributed by atoms with van der Waals surface area (Å²) >= 11 is 9.11. The van der Waals surface area contributed by atoms with Gasteiger partial charge in [-0.05, 0) is 28.1 Å². The molecule has 1 aromatic heterocycles. The van der Waals surface area contributed by atoms with Crippen molar-refractivity contribution in [2.24, 2.45) is 0 Å². The highest BCUT2D eigenvalue weighted by molar-refractivity contribution is 9.10. The molecule has 2 rings (SSSR count). The van der Waals surface area contributed by atoms with Crippen molar-refractivity contribution in [3.63, 3.8) is 0 Å². The van der Waals surface area contributed by atoms with Crippen molar-refractivity contribution < 1.29 is 13.9 Å². The number of halogens is 3. The van der Waals surface area contributed by atoms with E-state index in [9.17, 15) is 4.39 Å². The minimum Gasteiger partial charge on any atom is -0.438 e. The van der Waals surface area contributed by atoms with E-state index in [1.807, 2.05) is 0 Å². The highest BCUT2D eigenvalue weighted by Crippen LogP contribution is 2.30. The van der Waals surface area contributed by atoms with Crippen LogP contribution in [0.4, 0.5) is 4.39 Å². The normalized spacial score (nSPS) is 10.5. The zero-order valence-corrected chi connectivity index (χ0v) is 12.2. The molecule has 19 heavy (non-hydrogen) atoms. The molecule has 0 aliphatic heterocycles. The molecule has 7 heteroatoms. The van der Waals surface area contributed by atoms with E-state index in [1.165, 1.54) is 25.3 Å². The van der Waals surface area contributed by atoms with Gasteiger partial charge in [-0.25, -0.2) is 9.37 Å². The first-order valence-corrected chi connectivity index (χ1v) is 6.41. The van der Waals surface area contributed by atoms with Gasteiger partial charge in [-0.2, -0.15) is 4.98 Å². The van der Waals surface area contributed by atoms with E-state index < -0.39 is 5.82 Å². The predicted molar refractivity (Wildman–Crippen MR) is 71.9 cm³/mol. The summed E-state index contributed by atoms with van der Waals surface area (Å²) in [5.41, 5.74) is 0. The third kappa shape index (κ3) is 3.86. The van der Waals surface area contributed by atoms with Crippen molar-refractivity contribution in [1.82, 2.24) is 9.97 Å². The van der Waals surface area contributed by atoms with Crippen LogP contribution in [-0.4, -0.2) is 17.1 Å². The van der Waals surface area contributed by atoms with Crippen molar-refractivity contribution in [3.05, 3.63) is 45.5 Å². The molecule has 2 aromatic rings. The van der Waals surface area contributed by atoms with Gasteiger partial charge in [0.15, 0.2) is 5.82 Å². The Kier molecular flexibility index (Phi) is 4.68. The van der Waals surface area contributed by atoms with Crippen LogP contribution in [0.3, 0.4) is 0 Å². The molecular formula is C12H9BrClFN2O2. The van der Waals surface area contributed by atoms with Gasteiger partial charge in [0.25, 0.3) is 0 Å². The molecule has 0 saturated carbocycles. The SMILES string of the molecule is COCc1nc(Cl)cc(Oc2cc(F)ccc2Br)n1. The van der Waals surface area contributed by atoms with Gasteiger partial charge in [-0.15, -0.1) is 0 Å². The van der Waals surface area contributed by atoms with Gasteiger partial charge >= 0.3 is 0 Å². The van der Waals surface area contributed by atoms with Crippen LogP contribution in [0.2, 0.25) is 5.15 Å². The molecule has 0 aliphatic rings. The van der Waals surface area contributed by atoms with Crippen LogP contribution in [0.5, 0.6) is 11.6 Å². The maximum atomic E-state index is 13.1. The molecule has 0 atom stereocenters. The van der Waals surface area contributed by atoms with E-state index in [-0.39, 0.29) is 17.6 Å². The Hall–Kier alpha value is -1.24. The smallest absolute Gasteiger partial charge is 0.224 e. The predicted octanol–water partition coefficient (Wildman–Crippen LogP) is 3.97. The summed E-state index contributed by atoms with van der Waals surface area (Å²) in [5.74, 6) is 0.504. The molecule has 0 fully saturated rings. The summed E-state index contributed by atoms with van der Waals surface area (Å²) in [5, 5.41) is 0.226. The largest absolute Gasteiger partial charge is 0.438 e. The van der Waals surface area contributed by atoms with Crippen molar-refractivity contribution in [2.75, 3.05) is 7.11 Å². The molecule has 100 valence electrons. The van der Waals surface area contributed by atoms with E-state index in [1.54, 1.807) is 6.07 Å². The van der Waals surface area contributed by atoms with Crippen molar-refractivity contribution in [3.8, 4) is 11.6 Å². The summed E-state index contributed by atoms with van der Waals surface area (Å²) in [6.45, 7) is 0.210. The average molecular weight is 348 g/mol. The van der Waals surface area contributed by atoms with Crippen LogP contribution in [0, 0.1) is 5.82 Å². The fourth-order valence-electron chi connectivity index (χ4n) is 1.36. The van der Waals surface area contributed by atoms with E-state index in [0.29, 0.717) is 16.0 Å². The third-order valence-electron chi connectivity index (χ3n) is 2.10. The molecule has 0 bridgehead atoms. The third-order valence-corrected chi connectivity index (χ3v) is 2.95. The molecule has 0 N–H and O–H groups in total. The zero-order chi connectivity index (χ0) is 13.8. The van der Waals surface area contributed by atoms with Crippen molar-refractivity contribution in [1.29, 1.82) is 0 Å². The molecule has 0 saturated heterocycles. The van der Waals surface area contributed by atoms with E-state index in [0.717, 1.165) is 0 Å². The van der Waals surface area contributed by atoms with Gasteiger partial charge in [-0.1, -0.05) is 11.6 Å². The standard InChI is InChI=1S/C12H9BrClFN2O2/c1-18-6-11-16-10(14)5-12(17-11)19-9-4-7(15)2-3-8(9)13/h2-5H,6H2,1H3. The second-order valence-electron chi connectivity index (χ2n) is 3.55. The molecule has 1 aromatic carbocycles. The van der Waals surface area contributed by atoms with Crippen LogP contribution in [0.25, 0.3) is 0 Å². The number of rotatable bonds is 4.